The third-order valence-corrected chi connectivity index (χ3v) is 3.73. The van der Waals surface area contributed by atoms with E-state index in [-0.39, 0.29) is 5.28 Å². The summed E-state index contributed by atoms with van der Waals surface area (Å²) in [6.45, 7) is 4.94. The van der Waals surface area contributed by atoms with Crippen LogP contribution in [-0.2, 0) is 6.54 Å². The van der Waals surface area contributed by atoms with Crippen LogP contribution >= 0.6 is 23.2 Å². The molecule has 1 radical (unpaired) electrons. The summed E-state index contributed by atoms with van der Waals surface area (Å²) in [6.07, 6.45) is 8.45. The summed E-state index contributed by atoms with van der Waals surface area (Å²) in [5.41, 5.74) is 1.32. The lowest BCUT2D eigenvalue weighted by Crippen LogP contribution is -2.02. The number of hydrogen-bond acceptors (Lipinski definition) is 3. The van der Waals surface area contributed by atoms with Crippen molar-refractivity contribution in [2.24, 2.45) is 0 Å². The van der Waals surface area contributed by atoms with E-state index in [2.05, 4.69) is 28.3 Å². The number of rotatable bonds is 7. The van der Waals surface area contributed by atoms with Crippen LogP contribution in [0.5, 0.6) is 0 Å². The van der Waals surface area contributed by atoms with Gasteiger partial charge in [-0.2, -0.15) is 4.98 Å². The number of halogens is 2. The van der Waals surface area contributed by atoms with Crippen LogP contribution in [0.2, 0.25) is 10.4 Å². The normalized spacial score (nSPS) is 11.4. The van der Waals surface area contributed by atoms with Gasteiger partial charge in [0.05, 0.1) is 0 Å². The van der Waals surface area contributed by atoms with Crippen molar-refractivity contribution in [1.29, 1.82) is 0 Å². The molecular formula is C14H19Cl2N4. The Morgan fingerprint density at radius 3 is 2.65 bits per heavy atom. The van der Waals surface area contributed by atoms with Gasteiger partial charge < -0.3 is 4.57 Å². The summed E-state index contributed by atoms with van der Waals surface area (Å²) in [4.78, 5) is 12.5. The van der Waals surface area contributed by atoms with Crippen LogP contribution in [0, 0.1) is 13.3 Å². The highest BCUT2D eigenvalue weighted by molar-refractivity contribution is 6.35. The summed E-state index contributed by atoms with van der Waals surface area (Å²) < 4.78 is 2.04. The highest BCUT2D eigenvalue weighted by Gasteiger charge is 2.14. The van der Waals surface area contributed by atoms with Crippen LogP contribution in [0.15, 0.2) is 0 Å². The first kappa shape index (κ1) is 15.5. The van der Waals surface area contributed by atoms with Gasteiger partial charge in [0.1, 0.15) is 11.3 Å². The van der Waals surface area contributed by atoms with Crippen molar-refractivity contribution < 1.29 is 0 Å². The van der Waals surface area contributed by atoms with Crippen LogP contribution < -0.4 is 0 Å². The fourth-order valence-corrected chi connectivity index (χ4v) is 2.71. The van der Waals surface area contributed by atoms with Gasteiger partial charge in [0.25, 0.3) is 0 Å². The number of aryl methyl sites for hydroxylation is 1. The van der Waals surface area contributed by atoms with Gasteiger partial charge in [-0.25, -0.2) is 9.97 Å². The highest BCUT2D eigenvalue weighted by Crippen LogP contribution is 2.23. The van der Waals surface area contributed by atoms with Gasteiger partial charge in [0.15, 0.2) is 10.8 Å². The Morgan fingerprint density at radius 1 is 1.10 bits per heavy atom. The van der Waals surface area contributed by atoms with E-state index >= 15 is 0 Å². The maximum Gasteiger partial charge on any atom is 0.225 e. The average Bonchev–Trinajstić information content (AvgIpc) is 2.69. The Morgan fingerprint density at radius 2 is 1.90 bits per heavy atom. The second-order valence-corrected chi connectivity index (χ2v) is 5.56. The predicted molar refractivity (Wildman–Crippen MR) is 83.1 cm³/mol. The van der Waals surface area contributed by atoms with Crippen molar-refractivity contribution in [1.82, 2.24) is 19.5 Å². The molecule has 0 unspecified atom stereocenters. The molecular weight excluding hydrogens is 295 g/mol. The number of aromatic nitrogens is 4. The third-order valence-electron chi connectivity index (χ3n) is 3.30. The van der Waals surface area contributed by atoms with E-state index in [9.17, 15) is 0 Å². The summed E-state index contributed by atoms with van der Waals surface area (Å²) in [7, 11) is 0. The maximum absolute atomic E-state index is 6.15. The first-order valence-electron chi connectivity index (χ1n) is 7.01. The summed E-state index contributed by atoms with van der Waals surface area (Å²) in [5, 5.41) is 0.496. The van der Waals surface area contributed by atoms with Crippen molar-refractivity contribution in [3.05, 3.63) is 22.7 Å². The van der Waals surface area contributed by atoms with Gasteiger partial charge in [-0.05, 0) is 31.4 Å². The molecule has 20 heavy (non-hydrogen) atoms. The summed E-state index contributed by atoms with van der Waals surface area (Å²) in [5.74, 6) is 0.878. The van der Waals surface area contributed by atoms with E-state index in [0.717, 1.165) is 24.3 Å². The second kappa shape index (κ2) is 7.23. The molecule has 4 nitrogen and oxygen atoms in total. The molecule has 0 fully saturated rings. The molecule has 0 aromatic carbocycles. The highest BCUT2D eigenvalue weighted by atomic mass is 35.5. The van der Waals surface area contributed by atoms with E-state index in [4.69, 9.17) is 23.2 Å². The smallest absolute Gasteiger partial charge is 0.225 e. The zero-order valence-corrected chi connectivity index (χ0v) is 13.4. The lowest BCUT2D eigenvalue weighted by Gasteiger charge is -2.07. The second-order valence-electron chi connectivity index (χ2n) is 4.86. The Balaban J connectivity index is 2.04. The molecule has 0 saturated carbocycles. The van der Waals surface area contributed by atoms with E-state index < -0.39 is 0 Å². The zero-order chi connectivity index (χ0) is 14.5. The molecule has 0 aliphatic heterocycles. The average molecular weight is 314 g/mol. The van der Waals surface area contributed by atoms with Crippen molar-refractivity contribution in [2.75, 3.05) is 0 Å². The number of imidazole rings is 1. The van der Waals surface area contributed by atoms with E-state index in [1.807, 2.05) is 11.5 Å². The maximum atomic E-state index is 6.15. The van der Waals surface area contributed by atoms with Gasteiger partial charge >= 0.3 is 0 Å². The molecule has 6 heteroatoms. The fourth-order valence-electron chi connectivity index (χ4n) is 2.24. The van der Waals surface area contributed by atoms with Crippen LogP contribution in [-0.4, -0.2) is 19.5 Å². The molecule has 0 N–H and O–H groups in total. The number of nitrogens with zero attached hydrogens (tertiary/aromatic N) is 4. The molecule has 0 saturated heterocycles. The number of hydrogen-bond donors (Lipinski definition) is 0. The Labute approximate surface area is 129 Å². The van der Waals surface area contributed by atoms with Crippen LogP contribution in [0.4, 0.5) is 0 Å². The molecule has 109 valence electrons. The van der Waals surface area contributed by atoms with Gasteiger partial charge in [0, 0.05) is 6.54 Å². The molecule has 0 amide bonds. The quantitative estimate of drug-likeness (QED) is 0.425. The summed E-state index contributed by atoms with van der Waals surface area (Å²) >= 11 is 11.9. The molecule has 2 aromatic heterocycles. The van der Waals surface area contributed by atoms with Crippen LogP contribution in [0.3, 0.4) is 0 Å². The van der Waals surface area contributed by atoms with Crippen molar-refractivity contribution >= 4 is 34.4 Å². The first-order chi connectivity index (χ1) is 9.63. The minimum absolute atomic E-state index is 0.135. The van der Waals surface area contributed by atoms with Crippen molar-refractivity contribution in [2.45, 2.75) is 52.5 Å². The Hall–Kier alpha value is -0.870. The minimum atomic E-state index is 0.135. The first-order valence-corrected chi connectivity index (χ1v) is 7.76. The minimum Gasteiger partial charge on any atom is -0.324 e. The molecule has 2 heterocycles. The van der Waals surface area contributed by atoms with E-state index in [1.54, 1.807) is 0 Å². The van der Waals surface area contributed by atoms with E-state index in [0.29, 0.717) is 10.8 Å². The van der Waals surface area contributed by atoms with Crippen LogP contribution in [0.1, 0.15) is 44.9 Å². The lowest BCUT2D eigenvalue weighted by atomic mass is 10.1. The largest absolute Gasteiger partial charge is 0.324 e. The number of fused-ring (bicyclic) bond motifs is 1. The molecule has 0 aliphatic carbocycles. The molecule has 0 spiro atoms. The molecule has 2 rings (SSSR count). The molecule has 0 aliphatic rings. The lowest BCUT2D eigenvalue weighted by molar-refractivity contribution is 0.635. The molecule has 0 atom stereocenters. The molecule has 0 bridgehead atoms. The third kappa shape index (κ3) is 3.61. The standard InChI is InChI=1S/C14H19Cl2N4/c1-3-4-5-6-7-8-9-20-10(2)17-13-11(20)12(15)18-14(16)19-13/h8H,3-7,9H2,1-2H3. The van der Waals surface area contributed by atoms with Crippen molar-refractivity contribution in [3.8, 4) is 0 Å². The van der Waals surface area contributed by atoms with Crippen molar-refractivity contribution in [3.63, 3.8) is 0 Å². The number of unbranched alkanes of at least 4 members (excludes halogenated alkanes) is 5. The van der Waals surface area contributed by atoms with Gasteiger partial charge in [0.2, 0.25) is 5.28 Å². The van der Waals surface area contributed by atoms with Gasteiger partial charge in [-0.1, -0.05) is 44.2 Å². The van der Waals surface area contributed by atoms with E-state index in [1.165, 1.54) is 25.7 Å². The topological polar surface area (TPSA) is 43.6 Å². The van der Waals surface area contributed by atoms with Crippen LogP contribution in [0.25, 0.3) is 11.2 Å². The Bertz CT molecular complexity index is 580. The predicted octanol–water partition coefficient (Wildman–Crippen LogP) is 4.62. The summed E-state index contributed by atoms with van der Waals surface area (Å²) in [6, 6.07) is 0. The SMILES string of the molecule is CCCCCC[CH]Cn1c(C)nc2nc(Cl)nc(Cl)c21. The fraction of sp³-hybridized carbons (Fsp3) is 0.571. The monoisotopic (exact) mass is 313 g/mol. The molecule has 2 aromatic rings. The zero-order valence-electron chi connectivity index (χ0n) is 11.9. The van der Waals surface area contributed by atoms with Gasteiger partial charge in [-0.3, -0.25) is 0 Å². The Kier molecular flexibility index (Phi) is 5.61. The van der Waals surface area contributed by atoms with Gasteiger partial charge in [-0.15, -0.1) is 0 Å².